The number of rotatable bonds is 3. The van der Waals surface area contributed by atoms with Crippen LogP contribution in [0.15, 0.2) is 71.6 Å². The molecular weight excluding hydrogens is 384 g/mol. The maximum absolute atomic E-state index is 13.4. The number of benzene rings is 3. The minimum absolute atomic E-state index is 0.114. The minimum Gasteiger partial charge on any atom is -0.310 e. The number of carbonyl (C=O) groups excluding carboxylic acids is 1. The number of hydrogen-bond acceptors (Lipinski definition) is 3. The molecule has 0 saturated carbocycles. The van der Waals surface area contributed by atoms with Crippen LogP contribution in [0.4, 0.5) is 5.69 Å². The van der Waals surface area contributed by atoms with Crippen LogP contribution in [0, 0.1) is 0 Å². The first kappa shape index (κ1) is 18.3. The predicted molar refractivity (Wildman–Crippen MR) is 113 cm³/mol. The number of amides is 1. The molecule has 1 amide bonds. The second-order valence-corrected chi connectivity index (χ2v) is 9.54. The lowest BCUT2D eigenvalue weighted by molar-refractivity contribution is -0.121. The fraction of sp³-hybridized carbons (Fsp3) is 0.261. The Balaban J connectivity index is 1.47. The molecule has 0 radical (unpaired) electrons. The number of para-hydroxylation sites is 1. The summed E-state index contributed by atoms with van der Waals surface area (Å²) in [6.45, 7) is 0.986. The van der Waals surface area contributed by atoms with Gasteiger partial charge in [-0.1, -0.05) is 48.5 Å². The molecule has 1 atom stereocenters. The molecule has 3 aromatic rings. The van der Waals surface area contributed by atoms with Crippen molar-refractivity contribution in [1.29, 1.82) is 0 Å². The van der Waals surface area contributed by atoms with E-state index in [9.17, 15) is 13.2 Å². The number of anilines is 1. The van der Waals surface area contributed by atoms with E-state index in [1.54, 1.807) is 17.0 Å². The van der Waals surface area contributed by atoms with Crippen molar-refractivity contribution >= 4 is 32.4 Å². The topological polar surface area (TPSA) is 57.7 Å². The fourth-order valence-corrected chi connectivity index (χ4v) is 6.17. The molecule has 1 saturated heterocycles. The summed E-state index contributed by atoms with van der Waals surface area (Å²) >= 11 is 0. The first-order valence-electron chi connectivity index (χ1n) is 9.96. The highest BCUT2D eigenvalue weighted by Gasteiger charge is 2.42. The number of hydrogen-bond donors (Lipinski definition) is 0. The molecule has 29 heavy (non-hydrogen) atoms. The van der Waals surface area contributed by atoms with Crippen molar-refractivity contribution in [3.05, 3.63) is 72.3 Å². The van der Waals surface area contributed by atoms with Crippen LogP contribution in [-0.2, 0) is 21.2 Å². The third kappa shape index (κ3) is 3.03. The molecule has 0 unspecified atom stereocenters. The van der Waals surface area contributed by atoms with Gasteiger partial charge in [-0.2, -0.15) is 4.31 Å². The number of sulfonamides is 1. The first-order valence-corrected chi connectivity index (χ1v) is 11.4. The van der Waals surface area contributed by atoms with Crippen molar-refractivity contribution in [1.82, 2.24) is 4.31 Å². The standard InChI is InChI=1S/C23H22N2O3S/c26-23(24-15-13-18-7-3-4-9-21(18)24)22-10-5-14-25(22)29(27,28)20-12-11-17-6-1-2-8-19(17)16-20/h1-4,6-9,11-12,16,22H,5,10,13-15H2/t22-/m1/s1. The predicted octanol–water partition coefficient (Wildman–Crippen LogP) is 3.58. The quantitative estimate of drug-likeness (QED) is 0.668. The van der Waals surface area contributed by atoms with Crippen LogP contribution in [0.3, 0.4) is 0 Å². The van der Waals surface area contributed by atoms with E-state index in [0.717, 1.165) is 28.4 Å². The second-order valence-electron chi connectivity index (χ2n) is 7.65. The zero-order chi connectivity index (χ0) is 20.0. The van der Waals surface area contributed by atoms with Crippen molar-refractivity contribution < 1.29 is 13.2 Å². The highest BCUT2D eigenvalue weighted by Crippen LogP contribution is 2.33. The third-order valence-electron chi connectivity index (χ3n) is 5.97. The van der Waals surface area contributed by atoms with Gasteiger partial charge in [0.05, 0.1) is 4.90 Å². The lowest BCUT2D eigenvalue weighted by Gasteiger charge is -2.27. The molecule has 148 valence electrons. The van der Waals surface area contributed by atoms with Crippen LogP contribution in [-0.4, -0.2) is 37.8 Å². The summed E-state index contributed by atoms with van der Waals surface area (Å²) in [6.07, 6.45) is 2.06. The van der Waals surface area contributed by atoms with Crippen LogP contribution in [0.25, 0.3) is 10.8 Å². The van der Waals surface area contributed by atoms with Crippen molar-refractivity contribution in [2.24, 2.45) is 0 Å². The summed E-state index contributed by atoms with van der Waals surface area (Å²) in [5.74, 6) is -0.114. The van der Waals surface area contributed by atoms with E-state index in [-0.39, 0.29) is 10.8 Å². The minimum atomic E-state index is -3.75. The summed E-state index contributed by atoms with van der Waals surface area (Å²) < 4.78 is 28.2. The van der Waals surface area contributed by atoms with Crippen molar-refractivity contribution in [3.8, 4) is 0 Å². The van der Waals surface area contributed by atoms with E-state index in [1.165, 1.54) is 4.31 Å². The second kappa shape index (κ2) is 6.97. The smallest absolute Gasteiger partial charge is 0.245 e. The SMILES string of the molecule is O=C([C@H]1CCCN1S(=O)(=O)c1ccc2ccccc2c1)N1CCc2ccccc21. The molecule has 2 aliphatic rings. The van der Waals surface area contributed by atoms with Crippen LogP contribution in [0.5, 0.6) is 0 Å². The van der Waals surface area contributed by atoms with Crippen molar-refractivity contribution in [3.63, 3.8) is 0 Å². The Labute approximate surface area is 170 Å². The van der Waals surface area contributed by atoms with Crippen molar-refractivity contribution in [2.75, 3.05) is 18.0 Å². The number of carbonyl (C=O) groups is 1. The Morgan fingerprint density at radius 3 is 2.52 bits per heavy atom. The van der Waals surface area contributed by atoms with E-state index < -0.39 is 16.1 Å². The molecule has 0 aliphatic carbocycles. The Bertz CT molecular complexity index is 1210. The molecular formula is C23H22N2O3S. The number of nitrogens with zero attached hydrogens (tertiary/aromatic N) is 2. The molecule has 0 bridgehead atoms. The molecule has 5 nitrogen and oxygen atoms in total. The molecule has 0 spiro atoms. The Morgan fingerprint density at radius 1 is 0.897 bits per heavy atom. The highest BCUT2D eigenvalue weighted by molar-refractivity contribution is 7.89. The Morgan fingerprint density at radius 2 is 1.66 bits per heavy atom. The molecule has 0 N–H and O–H groups in total. The van der Waals surface area contributed by atoms with Gasteiger partial charge in [0.2, 0.25) is 15.9 Å². The summed E-state index contributed by atoms with van der Waals surface area (Å²) in [6, 6.07) is 20.1. The lowest BCUT2D eigenvalue weighted by Crippen LogP contribution is -2.47. The van der Waals surface area contributed by atoms with Gasteiger partial charge in [0.15, 0.2) is 0 Å². The molecule has 1 fully saturated rings. The van der Waals surface area contributed by atoms with Gasteiger partial charge in [-0.3, -0.25) is 4.79 Å². The van der Waals surface area contributed by atoms with Crippen molar-refractivity contribution in [2.45, 2.75) is 30.2 Å². The van der Waals surface area contributed by atoms with Gasteiger partial charge in [0, 0.05) is 18.8 Å². The van der Waals surface area contributed by atoms with Gasteiger partial charge in [-0.25, -0.2) is 8.42 Å². The molecule has 0 aromatic heterocycles. The summed E-state index contributed by atoms with van der Waals surface area (Å²) in [4.78, 5) is 15.3. The normalized spacial score (nSPS) is 19.6. The van der Waals surface area contributed by atoms with E-state index in [1.807, 2.05) is 54.6 Å². The number of fused-ring (bicyclic) bond motifs is 2. The molecule has 6 heteroatoms. The maximum atomic E-state index is 13.4. The monoisotopic (exact) mass is 406 g/mol. The van der Waals surface area contributed by atoms with E-state index in [2.05, 4.69) is 0 Å². The first-order chi connectivity index (χ1) is 14.1. The molecule has 2 aliphatic heterocycles. The van der Waals surface area contributed by atoms with Crippen LogP contribution in [0.2, 0.25) is 0 Å². The summed E-state index contributed by atoms with van der Waals surface area (Å²) in [5, 5.41) is 1.87. The summed E-state index contributed by atoms with van der Waals surface area (Å²) in [7, 11) is -3.75. The van der Waals surface area contributed by atoms with Gasteiger partial charge in [0.1, 0.15) is 6.04 Å². The van der Waals surface area contributed by atoms with Crippen LogP contribution < -0.4 is 4.90 Å². The van der Waals surface area contributed by atoms with Gasteiger partial charge in [-0.05, 0) is 53.8 Å². The summed E-state index contributed by atoms with van der Waals surface area (Å²) in [5.41, 5.74) is 2.05. The van der Waals surface area contributed by atoms with E-state index in [0.29, 0.717) is 25.9 Å². The Hall–Kier alpha value is -2.70. The lowest BCUT2D eigenvalue weighted by atomic mass is 10.1. The van der Waals surface area contributed by atoms with Gasteiger partial charge >= 0.3 is 0 Å². The zero-order valence-electron chi connectivity index (χ0n) is 16.0. The molecule has 2 heterocycles. The average molecular weight is 407 g/mol. The van der Waals surface area contributed by atoms with Gasteiger partial charge in [-0.15, -0.1) is 0 Å². The largest absolute Gasteiger partial charge is 0.310 e. The van der Waals surface area contributed by atoms with E-state index >= 15 is 0 Å². The molecule has 3 aromatic carbocycles. The van der Waals surface area contributed by atoms with E-state index in [4.69, 9.17) is 0 Å². The van der Waals surface area contributed by atoms with Crippen LogP contribution in [0.1, 0.15) is 18.4 Å². The third-order valence-corrected chi connectivity index (χ3v) is 7.87. The maximum Gasteiger partial charge on any atom is 0.245 e. The zero-order valence-corrected chi connectivity index (χ0v) is 16.8. The fourth-order valence-electron chi connectivity index (χ4n) is 4.48. The average Bonchev–Trinajstić information content (AvgIpc) is 3.41. The van der Waals surface area contributed by atoms with Gasteiger partial charge < -0.3 is 4.90 Å². The Kier molecular flexibility index (Phi) is 4.41. The highest BCUT2D eigenvalue weighted by atomic mass is 32.2. The van der Waals surface area contributed by atoms with Gasteiger partial charge in [0.25, 0.3) is 0 Å². The van der Waals surface area contributed by atoms with Crippen LogP contribution >= 0.6 is 0 Å². The molecule has 5 rings (SSSR count).